The SMILES string of the molecule is CS(=O)c1ccc(C(N)C(N)c2cccc(F)c2)cc1. The fourth-order valence-electron chi connectivity index (χ4n) is 2.01. The largest absolute Gasteiger partial charge is 0.322 e. The van der Waals surface area contributed by atoms with Crippen LogP contribution in [0.4, 0.5) is 4.39 Å². The number of benzene rings is 2. The Morgan fingerprint density at radius 2 is 1.60 bits per heavy atom. The van der Waals surface area contributed by atoms with Crippen molar-refractivity contribution in [2.24, 2.45) is 11.5 Å². The normalized spacial score (nSPS) is 15.6. The molecular formula is C15H17FN2OS. The van der Waals surface area contributed by atoms with Gasteiger partial charge in [-0.3, -0.25) is 4.21 Å². The third-order valence-electron chi connectivity index (χ3n) is 3.22. The van der Waals surface area contributed by atoms with Crippen molar-refractivity contribution in [2.45, 2.75) is 17.0 Å². The average molecular weight is 292 g/mol. The van der Waals surface area contributed by atoms with E-state index in [9.17, 15) is 8.60 Å². The highest BCUT2D eigenvalue weighted by atomic mass is 32.2. The molecule has 2 aromatic carbocycles. The lowest BCUT2D eigenvalue weighted by atomic mass is 9.95. The molecule has 0 fully saturated rings. The zero-order valence-electron chi connectivity index (χ0n) is 11.1. The van der Waals surface area contributed by atoms with E-state index in [0.717, 1.165) is 10.5 Å². The summed E-state index contributed by atoms with van der Waals surface area (Å²) in [5.41, 5.74) is 13.7. The fraction of sp³-hybridized carbons (Fsp3) is 0.200. The van der Waals surface area contributed by atoms with Crippen molar-refractivity contribution in [3.05, 3.63) is 65.5 Å². The Hall–Kier alpha value is -1.56. The quantitative estimate of drug-likeness (QED) is 0.908. The van der Waals surface area contributed by atoms with Gasteiger partial charge < -0.3 is 11.5 Å². The minimum atomic E-state index is -1.02. The average Bonchev–Trinajstić information content (AvgIpc) is 2.46. The van der Waals surface area contributed by atoms with Crippen LogP contribution in [0.25, 0.3) is 0 Å². The molecule has 0 bridgehead atoms. The van der Waals surface area contributed by atoms with Crippen LogP contribution in [0.5, 0.6) is 0 Å². The highest BCUT2D eigenvalue weighted by Gasteiger charge is 2.17. The minimum absolute atomic E-state index is 0.332. The van der Waals surface area contributed by atoms with Crippen LogP contribution in [0.15, 0.2) is 53.4 Å². The van der Waals surface area contributed by atoms with Crippen LogP contribution in [0.3, 0.4) is 0 Å². The summed E-state index contributed by atoms with van der Waals surface area (Å²) in [5.74, 6) is -0.332. The molecule has 0 aliphatic carbocycles. The topological polar surface area (TPSA) is 69.1 Å². The molecule has 3 atom stereocenters. The first-order chi connectivity index (χ1) is 9.49. The van der Waals surface area contributed by atoms with E-state index in [1.54, 1.807) is 42.7 Å². The molecule has 2 rings (SSSR count). The van der Waals surface area contributed by atoms with Gasteiger partial charge in [-0.1, -0.05) is 24.3 Å². The monoisotopic (exact) mass is 292 g/mol. The maximum atomic E-state index is 13.2. The van der Waals surface area contributed by atoms with E-state index in [1.165, 1.54) is 12.1 Å². The Morgan fingerprint density at radius 3 is 2.15 bits per heavy atom. The van der Waals surface area contributed by atoms with Crippen molar-refractivity contribution in [1.29, 1.82) is 0 Å². The second-order valence-electron chi connectivity index (χ2n) is 4.63. The molecule has 0 saturated carbocycles. The first kappa shape index (κ1) is 14.8. The van der Waals surface area contributed by atoms with E-state index in [4.69, 9.17) is 11.5 Å². The Labute approximate surface area is 120 Å². The van der Waals surface area contributed by atoms with Crippen molar-refractivity contribution >= 4 is 10.8 Å². The van der Waals surface area contributed by atoms with Crippen molar-refractivity contribution in [3.8, 4) is 0 Å². The molecule has 0 radical (unpaired) electrons. The molecule has 0 aliphatic heterocycles. The number of rotatable bonds is 4. The highest BCUT2D eigenvalue weighted by molar-refractivity contribution is 7.84. The molecule has 0 heterocycles. The number of hydrogen-bond acceptors (Lipinski definition) is 3. The van der Waals surface area contributed by atoms with Gasteiger partial charge in [-0.15, -0.1) is 0 Å². The van der Waals surface area contributed by atoms with E-state index in [2.05, 4.69) is 0 Å². The number of nitrogens with two attached hydrogens (primary N) is 2. The summed E-state index contributed by atoms with van der Waals surface area (Å²) in [6.45, 7) is 0. The van der Waals surface area contributed by atoms with Gasteiger partial charge in [-0.2, -0.15) is 0 Å². The molecule has 2 aromatic rings. The van der Waals surface area contributed by atoms with Crippen molar-refractivity contribution in [1.82, 2.24) is 0 Å². The lowest BCUT2D eigenvalue weighted by Gasteiger charge is -2.21. The molecule has 0 aromatic heterocycles. The number of hydrogen-bond donors (Lipinski definition) is 2. The molecule has 20 heavy (non-hydrogen) atoms. The summed E-state index contributed by atoms with van der Waals surface area (Å²) in [6, 6.07) is 12.3. The van der Waals surface area contributed by atoms with Crippen molar-refractivity contribution < 1.29 is 8.60 Å². The van der Waals surface area contributed by atoms with Crippen LogP contribution < -0.4 is 11.5 Å². The van der Waals surface area contributed by atoms with Gasteiger partial charge in [0, 0.05) is 34.0 Å². The standard InChI is InChI=1S/C15H17FN2OS/c1-20(19)13-7-5-10(6-8-13)14(17)15(18)11-3-2-4-12(16)9-11/h2-9,14-15H,17-18H2,1H3. The van der Waals surface area contributed by atoms with Crippen LogP contribution in [0.1, 0.15) is 23.2 Å². The van der Waals surface area contributed by atoms with Gasteiger partial charge in [0.2, 0.25) is 0 Å². The molecule has 5 heteroatoms. The number of halogens is 1. The van der Waals surface area contributed by atoms with Crippen LogP contribution in [0.2, 0.25) is 0 Å². The van der Waals surface area contributed by atoms with Crippen LogP contribution in [-0.4, -0.2) is 10.5 Å². The van der Waals surface area contributed by atoms with E-state index < -0.39 is 22.9 Å². The summed E-state index contributed by atoms with van der Waals surface area (Å²) < 4.78 is 24.5. The predicted octanol–water partition coefficient (Wildman–Crippen LogP) is 2.26. The second kappa shape index (κ2) is 6.26. The molecule has 0 aliphatic rings. The van der Waals surface area contributed by atoms with Gasteiger partial charge in [0.15, 0.2) is 0 Å². The molecule has 4 N–H and O–H groups in total. The summed E-state index contributed by atoms with van der Waals surface area (Å²) in [5, 5.41) is 0. The highest BCUT2D eigenvalue weighted by Crippen LogP contribution is 2.25. The molecule has 0 saturated heterocycles. The summed E-state index contributed by atoms with van der Waals surface area (Å²) in [4.78, 5) is 0.736. The van der Waals surface area contributed by atoms with Gasteiger partial charge in [0.05, 0.1) is 0 Å². The Balaban J connectivity index is 2.22. The lowest BCUT2D eigenvalue weighted by molar-refractivity contribution is 0.564. The molecular weight excluding hydrogens is 275 g/mol. The molecule has 0 spiro atoms. The van der Waals surface area contributed by atoms with Crippen molar-refractivity contribution in [3.63, 3.8) is 0 Å². The molecule has 106 valence electrons. The first-order valence-corrected chi connectivity index (χ1v) is 7.75. The maximum absolute atomic E-state index is 13.2. The fourth-order valence-corrected chi connectivity index (χ4v) is 2.53. The Bertz CT molecular complexity index is 616. The van der Waals surface area contributed by atoms with Crippen LogP contribution in [0, 0.1) is 5.82 Å². The third kappa shape index (κ3) is 3.30. The second-order valence-corrected chi connectivity index (χ2v) is 6.01. The van der Waals surface area contributed by atoms with Gasteiger partial charge >= 0.3 is 0 Å². The smallest absolute Gasteiger partial charge is 0.123 e. The van der Waals surface area contributed by atoms with Gasteiger partial charge in [-0.25, -0.2) is 4.39 Å². The van der Waals surface area contributed by atoms with Crippen LogP contribution in [-0.2, 0) is 10.8 Å². The zero-order valence-corrected chi connectivity index (χ0v) is 11.9. The first-order valence-electron chi connectivity index (χ1n) is 6.19. The van der Waals surface area contributed by atoms with Crippen molar-refractivity contribution in [2.75, 3.05) is 6.26 Å². The maximum Gasteiger partial charge on any atom is 0.123 e. The summed E-state index contributed by atoms with van der Waals surface area (Å²) in [7, 11) is -1.02. The van der Waals surface area contributed by atoms with Gasteiger partial charge in [0.25, 0.3) is 0 Å². The van der Waals surface area contributed by atoms with Crippen LogP contribution >= 0.6 is 0 Å². The Morgan fingerprint density at radius 1 is 1.00 bits per heavy atom. The molecule has 0 amide bonds. The minimum Gasteiger partial charge on any atom is -0.322 e. The third-order valence-corrected chi connectivity index (χ3v) is 4.15. The lowest BCUT2D eigenvalue weighted by Crippen LogP contribution is -2.26. The van der Waals surface area contributed by atoms with E-state index in [1.807, 2.05) is 0 Å². The van der Waals surface area contributed by atoms with Gasteiger partial charge in [0.1, 0.15) is 5.82 Å². The van der Waals surface area contributed by atoms with E-state index in [-0.39, 0.29) is 5.82 Å². The summed E-state index contributed by atoms with van der Waals surface area (Å²) in [6.07, 6.45) is 1.62. The Kier molecular flexibility index (Phi) is 4.65. The molecule has 3 nitrogen and oxygen atoms in total. The van der Waals surface area contributed by atoms with E-state index >= 15 is 0 Å². The van der Waals surface area contributed by atoms with E-state index in [0.29, 0.717) is 5.56 Å². The molecule has 3 unspecified atom stereocenters. The summed E-state index contributed by atoms with van der Waals surface area (Å²) >= 11 is 0. The zero-order chi connectivity index (χ0) is 14.7. The van der Waals surface area contributed by atoms with Gasteiger partial charge in [-0.05, 0) is 35.4 Å². The predicted molar refractivity (Wildman–Crippen MR) is 79.0 cm³/mol.